The van der Waals surface area contributed by atoms with Crippen LogP contribution in [-0.4, -0.2) is 25.7 Å². The fourth-order valence-corrected chi connectivity index (χ4v) is 3.43. The van der Waals surface area contributed by atoms with Crippen molar-refractivity contribution in [3.8, 4) is 11.5 Å². The number of nitrogens with one attached hydrogen (secondary N) is 1. The average molecular weight is 261 g/mol. The van der Waals surface area contributed by atoms with Crippen molar-refractivity contribution in [1.82, 2.24) is 5.32 Å². The normalized spacial score (nSPS) is 20.0. The molecule has 0 aromatic heterocycles. The maximum atomic E-state index is 12.4. The molecule has 1 aromatic carbocycles. The molecule has 1 aliphatic heterocycles. The number of carbonyl (C=O) groups excluding carboxylic acids is 1. The van der Waals surface area contributed by atoms with E-state index in [4.69, 9.17) is 9.47 Å². The fraction of sp³-hybridized carbons (Fsp3) is 0.533. The van der Waals surface area contributed by atoms with Crippen molar-refractivity contribution in [3.05, 3.63) is 23.3 Å². The second-order valence-electron chi connectivity index (χ2n) is 5.44. The third kappa shape index (κ3) is 1.86. The number of benzene rings is 1. The Morgan fingerprint density at radius 3 is 2.37 bits per heavy atom. The Morgan fingerprint density at radius 1 is 1.11 bits per heavy atom. The van der Waals surface area contributed by atoms with E-state index in [1.54, 1.807) is 20.3 Å². The van der Waals surface area contributed by atoms with Gasteiger partial charge in [0, 0.05) is 17.5 Å². The van der Waals surface area contributed by atoms with Gasteiger partial charge in [-0.3, -0.25) is 4.79 Å². The fourth-order valence-electron chi connectivity index (χ4n) is 3.43. The molecule has 102 valence electrons. The van der Waals surface area contributed by atoms with E-state index in [1.807, 2.05) is 6.07 Å². The van der Waals surface area contributed by atoms with Gasteiger partial charge in [-0.25, -0.2) is 0 Å². The summed E-state index contributed by atoms with van der Waals surface area (Å²) in [6, 6.07) is 3.68. The molecule has 4 nitrogen and oxygen atoms in total. The molecular formula is C15H19NO3. The summed E-state index contributed by atoms with van der Waals surface area (Å²) in [5, 5.41) is 3.20. The molecule has 1 fully saturated rings. The van der Waals surface area contributed by atoms with E-state index in [2.05, 4.69) is 5.32 Å². The average Bonchev–Trinajstić information content (AvgIpc) is 2.85. The summed E-state index contributed by atoms with van der Waals surface area (Å²) in [6.45, 7) is 0. The first-order chi connectivity index (χ1) is 9.19. The van der Waals surface area contributed by atoms with Gasteiger partial charge in [0.05, 0.1) is 19.8 Å². The summed E-state index contributed by atoms with van der Waals surface area (Å²) in [6.07, 6.45) is 5.31. The van der Waals surface area contributed by atoms with Gasteiger partial charge in [0.25, 0.3) is 5.91 Å². The van der Waals surface area contributed by atoms with Crippen molar-refractivity contribution in [2.24, 2.45) is 0 Å². The van der Waals surface area contributed by atoms with Gasteiger partial charge in [0.15, 0.2) is 0 Å². The highest BCUT2D eigenvalue weighted by atomic mass is 16.5. The zero-order chi connectivity index (χ0) is 13.5. The lowest BCUT2D eigenvalue weighted by molar-refractivity contribution is 0.0875. The molecule has 0 radical (unpaired) electrons. The van der Waals surface area contributed by atoms with E-state index < -0.39 is 0 Å². The minimum atomic E-state index is -0.0657. The van der Waals surface area contributed by atoms with Crippen molar-refractivity contribution < 1.29 is 14.3 Å². The van der Waals surface area contributed by atoms with Crippen LogP contribution >= 0.6 is 0 Å². The molecule has 1 heterocycles. The van der Waals surface area contributed by atoms with Crippen LogP contribution in [0.2, 0.25) is 0 Å². The third-order valence-corrected chi connectivity index (χ3v) is 4.35. The van der Waals surface area contributed by atoms with Crippen molar-refractivity contribution in [2.45, 2.75) is 37.6 Å². The van der Waals surface area contributed by atoms with Crippen LogP contribution in [0, 0.1) is 0 Å². The second kappa shape index (κ2) is 4.44. The second-order valence-corrected chi connectivity index (χ2v) is 5.44. The number of methoxy groups -OCH3 is 2. The predicted octanol–water partition coefficient (Wildman–Crippen LogP) is 2.30. The van der Waals surface area contributed by atoms with Crippen LogP contribution in [0.4, 0.5) is 0 Å². The van der Waals surface area contributed by atoms with Crippen molar-refractivity contribution in [1.29, 1.82) is 0 Å². The van der Waals surface area contributed by atoms with Gasteiger partial charge in [0.1, 0.15) is 11.5 Å². The smallest absolute Gasteiger partial charge is 0.255 e. The maximum absolute atomic E-state index is 12.4. The van der Waals surface area contributed by atoms with Crippen molar-refractivity contribution >= 4 is 5.91 Å². The standard InChI is InChI=1S/C15H19NO3/c1-18-11-5-6-12(19-2)13-10(11)9-15(16-14(13)17)7-3-4-8-15/h5-6H,3-4,7-9H2,1-2H3,(H,16,17). The quantitative estimate of drug-likeness (QED) is 0.888. The Kier molecular flexibility index (Phi) is 2.88. The lowest BCUT2D eigenvalue weighted by Crippen LogP contribution is -2.51. The van der Waals surface area contributed by atoms with Gasteiger partial charge < -0.3 is 14.8 Å². The van der Waals surface area contributed by atoms with Crippen molar-refractivity contribution in [2.75, 3.05) is 14.2 Å². The van der Waals surface area contributed by atoms with Gasteiger partial charge in [-0.15, -0.1) is 0 Å². The van der Waals surface area contributed by atoms with Gasteiger partial charge in [-0.2, -0.15) is 0 Å². The molecule has 1 aromatic rings. The molecule has 0 atom stereocenters. The highest BCUT2D eigenvalue weighted by Gasteiger charge is 2.42. The van der Waals surface area contributed by atoms with Gasteiger partial charge in [-0.05, 0) is 25.0 Å². The topological polar surface area (TPSA) is 47.6 Å². The summed E-state index contributed by atoms with van der Waals surface area (Å²) in [5.41, 5.74) is 1.57. The highest BCUT2D eigenvalue weighted by Crippen LogP contribution is 2.42. The Labute approximate surface area is 113 Å². The zero-order valence-corrected chi connectivity index (χ0v) is 11.4. The first-order valence-corrected chi connectivity index (χ1v) is 6.75. The molecule has 2 aliphatic rings. The first-order valence-electron chi connectivity index (χ1n) is 6.75. The summed E-state index contributed by atoms with van der Waals surface area (Å²) in [5.74, 6) is 1.39. The number of amides is 1. The van der Waals surface area contributed by atoms with E-state index in [9.17, 15) is 4.79 Å². The molecule has 1 N–H and O–H groups in total. The lowest BCUT2D eigenvalue weighted by atomic mass is 9.82. The van der Waals surface area contributed by atoms with Crippen LogP contribution < -0.4 is 14.8 Å². The van der Waals surface area contributed by atoms with Gasteiger partial charge >= 0.3 is 0 Å². The molecule has 19 heavy (non-hydrogen) atoms. The minimum Gasteiger partial charge on any atom is -0.496 e. The highest BCUT2D eigenvalue weighted by molar-refractivity contribution is 6.01. The van der Waals surface area contributed by atoms with Crippen LogP contribution in [0.15, 0.2) is 12.1 Å². The monoisotopic (exact) mass is 261 g/mol. The molecule has 0 bridgehead atoms. The Morgan fingerprint density at radius 2 is 1.74 bits per heavy atom. The largest absolute Gasteiger partial charge is 0.496 e. The number of carbonyl (C=O) groups is 1. The van der Waals surface area contributed by atoms with E-state index in [0.717, 1.165) is 30.6 Å². The number of hydrogen-bond acceptors (Lipinski definition) is 3. The van der Waals surface area contributed by atoms with Crippen LogP contribution in [0.5, 0.6) is 11.5 Å². The summed E-state index contributed by atoms with van der Waals surface area (Å²) in [7, 11) is 3.24. The predicted molar refractivity (Wildman–Crippen MR) is 71.9 cm³/mol. The van der Waals surface area contributed by atoms with E-state index in [-0.39, 0.29) is 11.4 Å². The number of hydrogen-bond donors (Lipinski definition) is 1. The van der Waals surface area contributed by atoms with Crippen molar-refractivity contribution in [3.63, 3.8) is 0 Å². The van der Waals surface area contributed by atoms with Crippen LogP contribution in [0.25, 0.3) is 0 Å². The van der Waals surface area contributed by atoms with Crippen LogP contribution in [0.1, 0.15) is 41.6 Å². The Balaban J connectivity index is 2.12. The maximum Gasteiger partial charge on any atom is 0.255 e. The lowest BCUT2D eigenvalue weighted by Gasteiger charge is -2.36. The number of rotatable bonds is 2. The number of fused-ring (bicyclic) bond motifs is 1. The van der Waals surface area contributed by atoms with Crippen LogP contribution in [-0.2, 0) is 6.42 Å². The SMILES string of the molecule is COc1ccc(OC)c2c1CC1(CCCC1)NC2=O. The summed E-state index contributed by atoms with van der Waals surface area (Å²) >= 11 is 0. The number of ether oxygens (including phenoxy) is 2. The molecule has 1 amide bonds. The summed E-state index contributed by atoms with van der Waals surface area (Å²) < 4.78 is 10.7. The van der Waals surface area contributed by atoms with E-state index >= 15 is 0 Å². The minimum absolute atomic E-state index is 0.0288. The molecule has 4 heteroatoms. The molecule has 0 saturated heterocycles. The van der Waals surface area contributed by atoms with E-state index in [0.29, 0.717) is 11.3 Å². The Hall–Kier alpha value is -1.71. The molecule has 3 rings (SSSR count). The molecular weight excluding hydrogens is 242 g/mol. The first kappa shape index (κ1) is 12.3. The molecule has 1 saturated carbocycles. The Bertz CT molecular complexity index is 518. The molecule has 0 unspecified atom stereocenters. The molecule has 1 spiro atoms. The van der Waals surface area contributed by atoms with Gasteiger partial charge in [0.2, 0.25) is 0 Å². The van der Waals surface area contributed by atoms with Gasteiger partial charge in [-0.1, -0.05) is 12.8 Å². The zero-order valence-electron chi connectivity index (χ0n) is 11.4. The summed E-state index contributed by atoms with van der Waals surface area (Å²) in [4.78, 5) is 12.4. The van der Waals surface area contributed by atoms with E-state index in [1.165, 1.54) is 12.8 Å². The third-order valence-electron chi connectivity index (χ3n) is 4.35. The molecule has 1 aliphatic carbocycles. The van der Waals surface area contributed by atoms with Crippen LogP contribution in [0.3, 0.4) is 0 Å².